The molecule has 0 unspecified atom stereocenters. The van der Waals surface area contributed by atoms with Crippen LogP contribution in [0.2, 0.25) is 0 Å². The van der Waals surface area contributed by atoms with Crippen LogP contribution in [0.25, 0.3) is 0 Å². The molecule has 0 saturated heterocycles. The Morgan fingerprint density at radius 1 is 1.29 bits per heavy atom. The molecule has 1 aromatic rings. The third-order valence-electron chi connectivity index (χ3n) is 3.71. The van der Waals surface area contributed by atoms with Gasteiger partial charge in [-0.3, -0.25) is 9.59 Å². The molecular weight excluding hydrogens is 306 g/mol. The Bertz CT molecular complexity index is 591. The highest BCUT2D eigenvalue weighted by molar-refractivity contribution is 5.81. The number of nitrogens with zero attached hydrogens (tertiary/aromatic N) is 1. The second kappa shape index (κ2) is 9.68. The van der Waals surface area contributed by atoms with Crippen molar-refractivity contribution in [3.8, 4) is 6.07 Å². The Morgan fingerprint density at radius 3 is 2.42 bits per heavy atom. The number of nitrogens with two attached hydrogens (primary N) is 1. The second-order valence-electron chi connectivity index (χ2n) is 6.46. The fraction of sp³-hybridized carbons (Fsp3) is 0.500. The number of hydrogen-bond acceptors (Lipinski definition) is 4. The number of carboxylic acid groups (broad SMARTS) is 1. The van der Waals surface area contributed by atoms with Crippen LogP contribution in [0.1, 0.15) is 37.8 Å². The van der Waals surface area contributed by atoms with Gasteiger partial charge in [0.1, 0.15) is 0 Å². The second-order valence-corrected chi connectivity index (χ2v) is 6.46. The molecular formula is C18H25N3O3. The first-order valence-corrected chi connectivity index (χ1v) is 8.06. The first-order valence-electron chi connectivity index (χ1n) is 8.06. The van der Waals surface area contributed by atoms with E-state index in [0.29, 0.717) is 24.4 Å². The minimum Gasteiger partial charge on any atom is -0.481 e. The van der Waals surface area contributed by atoms with Crippen molar-refractivity contribution in [2.75, 3.05) is 6.54 Å². The molecule has 0 aliphatic carbocycles. The van der Waals surface area contributed by atoms with Crippen molar-refractivity contribution in [2.45, 2.75) is 39.2 Å². The summed E-state index contributed by atoms with van der Waals surface area (Å²) in [7, 11) is 0. The van der Waals surface area contributed by atoms with Crippen molar-refractivity contribution in [2.24, 2.45) is 17.6 Å². The maximum Gasteiger partial charge on any atom is 0.303 e. The Kier molecular flexibility index (Phi) is 7.93. The summed E-state index contributed by atoms with van der Waals surface area (Å²) in [5.74, 6) is -0.901. The molecule has 1 rings (SSSR count). The standard InChI is InChI=1S/C18H25N3O3/c1-12(2)7-15(9-17(22)23)11-21-18(24)16(20)8-13-3-5-14(10-19)6-4-13/h3-6,12,15-16H,7-9,11,20H2,1-2H3,(H,21,24)(H,22,23)/t15-,16+/m0/s1. The van der Waals surface area contributed by atoms with Crippen molar-refractivity contribution in [3.63, 3.8) is 0 Å². The van der Waals surface area contributed by atoms with E-state index in [4.69, 9.17) is 16.1 Å². The highest BCUT2D eigenvalue weighted by atomic mass is 16.4. The first kappa shape index (κ1) is 19.7. The lowest BCUT2D eigenvalue weighted by atomic mass is 9.94. The molecule has 0 spiro atoms. The fourth-order valence-corrected chi connectivity index (χ4v) is 2.59. The number of rotatable bonds is 9. The van der Waals surface area contributed by atoms with E-state index in [1.54, 1.807) is 24.3 Å². The van der Waals surface area contributed by atoms with E-state index in [1.165, 1.54) is 0 Å². The Balaban J connectivity index is 2.52. The molecule has 6 heteroatoms. The van der Waals surface area contributed by atoms with Gasteiger partial charge in [-0.2, -0.15) is 5.26 Å². The van der Waals surface area contributed by atoms with Gasteiger partial charge in [-0.05, 0) is 42.4 Å². The van der Waals surface area contributed by atoms with Gasteiger partial charge in [-0.15, -0.1) is 0 Å². The number of nitrogens with one attached hydrogen (secondary N) is 1. The molecule has 2 atom stereocenters. The average molecular weight is 331 g/mol. The van der Waals surface area contributed by atoms with E-state index < -0.39 is 12.0 Å². The molecule has 4 N–H and O–H groups in total. The molecule has 0 fully saturated rings. The van der Waals surface area contributed by atoms with Crippen LogP contribution in [0.4, 0.5) is 0 Å². The quantitative estimate of drug-likeness (QED) is 0.636. The molecule has 130 valence electrons. The predicted octanol–water partition coefficient (Wildman–Crippen LogP) is 1.68. The molecule has 0 radical (unpaired) electrons. The number of aliphatic carboxylic acids is 1. The van der Waals surface area contributed by atoms with Crippen molar-refractivity contribution < 1.29 is 14.7 Å². The monoisotopic (exact) mass is 331 g/mol. The van der Waals surface area contributed by atoms with Gasteiger partial charge in [0.25, 0.3) is 0 Å². The number of carbonyl (C=O) groups is 2. The van der Waals surface area contributed by atoms with Gasteiger partial charge in [0.05, 0.1) is 17.7 Å². The van der Waals surface area contributed by atoms with Gasteiger partial charge in [0.15, 0.2) is 0 Å². The number of benzene rings is 1. The van der Waals surface area contributed by atoms with Crippen molar-refractivity contribution >= 4 is 11.9 Å². The van der Waals surface area contributed by atoms with E-state index in [0.717, 1.165) is 12.0 Å². The largest absolute Gasteiger partial charge is 0.481 e. The highest BCUT2D eigenvalue weighted by Gasteiger charge is 2.19. The molecule has 24 heavy (non-hydrogen) atoms. The van der Waals surface area contributed by atoms with E-state index >= 15 is 0 Å². The lowest BCUT2D eigenvalue weighted by molar-refractivity contribution is -0.138. The molecule has 0 aromatic heterocycles. The van der Waals surface area contributed by atoms with E-state index in [1.807, 2.05) is 19.9 Å². The van der Waals surface area contributed by atoms with Crippen LogP contribution >= 0.6 is 0 Å². The molecule has 0 aliphatic rings. The van der Waals surface area contributed by atoms with Crippen molar-refractivity contribution in [1.82, 2.24) is 5.32 Å². The van der Waals surface area contributed by atoms with Crippen LogP contribution in [-0.4, -0.2) is 29.6 Å². The van der Waals surface area contributed by atoms with Crippen LogP contribution in [-0.2, 0) is 16.0 Å². The summed E-state index contributed by atoms with van der Waals surface area (Å²) < 4.78 is 0. The summed E-state index contributed by atoms with van der Waals surface area (Å²) in [6, 6.07) is 8.25. The molecule has 1 amide bonds. The SMILES string of the molecule is CC(C)C[C@H](CNC(=O)[C@H](N)Cc1ccc(C#N)cc1)CC(=O)O. The number of nitriles is 1. The number of amides is 1. The third kappa shape index (κ3) is 7.25. The lowest BCUT2D eigenvalue weighted by Gasteiger charge is -2.19. The van der Waals surface area contributed by atoms with Gasteiger partial charge < -0.3 is 16.2 Å². The van der Waals surface area contributed by atoms with Gasteiger partial charge in [-0.1, -0.05) is 26.0 Å². The van der Waals surface area contributed by atoms with E-state index in [2.05, 4.69) is 5.32 Å². The highest BCUT2D eigenvalue weighted by Crippen LogP contribution is 2.15. The molecule has 6 nitrogen and oxygen atoms in total. The molecule has 0 heterocycles. The van der Waals surface area contributed by atoms with Gasteiger partial charge in [0.2, 0.25) is 5.91 Å². The lowest BCUT2D eigenvalue weighted by Crippen LogP contribution is -2.44. The normalized spacial score (nSPS) is 13.1. The number of hydrogen-bond donors (Lipinski definition) is 3. The minimum atomic E-state index is -0.864. The summed E-state index contributed by atoms with van der Waals surface area (Å²) in [6.07, 6.45) is 1.13. The van der Waals surface area contributed by atoms with E-state index in [-0.39, 0.29) is 18.2 Å². The average Bonchev–Trinajstić information content (AvgIpc) is 2.51. The van der Waals surface area contributed by atoms with E-state index in [9.17, 15) is 9.59 Å². The maximum atomic E-state index is 12.1. The number of carbonyl (C=O) groups excluding carboxylic acids is 1. The fourth-order valence-electron chi connectivity index (χ4n) is 2.59. The Hall–Kier alpha value is -2.39. The summed E-state index contributed by atoms with van der Waals surface area (Å²) in [6.45, 7) is 4.35. The zero-order chi connectivity index (χ0) is 18.1. The van der Waals surface area contributed by atoms with Crippen LogP contribution < -0.4 is 11.1 Å². The molecule has 0 bridgehead atoms. The van der Waals surface area contributed by atoms with Gasteiger partial charge in [-0.25, -0.2) is 0 Å². The van der Waals surface area contributed by atoms with Crippen LogP contribution in [0.5, 0.6) is 0 Å². The Morgan fingerprint density at radius 2 is 1.92 bits per heavy atom. The predicted molar refractivity (Wildman–Crippen MR) is 91.0 cm³/mol. The summed E-state index contributed by atoms with van der Waals surface area (Å²) in [4.78, 5) is 23.0. The molecule has 0 saturated carbocycles. The van der Waals surface area contributed by atoms with Gasteiger partial charge >= 0.3 is 5.97 Å². The smallest absolute Gasteiger partial charge is 0.303 e. The van der Waals surface area contributed by atoms with Crippen LogP contribution in [0.3, 0.4) is 0 Å². The summed E-state index contributed by atoms with van der Waals surface area (Å²) in [5, 5.41) is 20.5. The first-order chi connectivity index (χ1) is 11.3. The summed E-state index contributed by atoms with van der Waals surface area (Å²) in [5.41, 5.74) is 7.35. The zero-order valence-corrected chi connectivity index (χ0v) is 14.2. The zero-order valence-electron chi connectivity index (χ0n) is 14.2. The molecule has 0 aliphatic heterocycles. The van der Waals surface area contributed by atoms with Crippen LogP contribution in [0, 0.1) is 23.2 Å². The van der Waals surface area contributed by atoms with Crippen molar-refractivity contribution in [1.29, 1.82) is 5.26 Å². The Labute approximate surface area is 142 Å². The molecule has 1 aromatic carbocycles. The number of carboxylic acids is 1. The maximum absolute atomic E-state index is 12.1. The minimum absolute atomic E-state index is 0.0311. The topological polar surface area (TPSA) is 116 Å². The van der Waals surface area contributed by atoms with Crippen LogP contribution in [0.15, 0.2) is 24.3 Å². The van der Waals surface area contributed by atoms with Crippen molar-refractivity contribution in [3.05, 3.63) is 35.4 Å². The summed E-state index contributed by atoms with van der Waals surface area (Å²) >= 11 is 0. The van der Waals surface area contributed by atoms with Gasteiger partial charge in [0, 0.05) is 13.0 Å². The third-order valence-corrected chi connectivity index (χ3v) is 3.71.